The molecule has 2 rings (SSSR count). The molecule has 0 atom stereocenters. The second-order valence-corrected chi connectivity index (χ2v) is 5.27. The maximum absolute atomic E-state index is 13.5. The predicted octanol–water partition coefficient (Wildman–Crippen LogP) is 3.47. The van der Waals surface area contributed by atoms with Crippen LogP contribution in [-0.2, 0) is 0 Å². The second-order valence-electron chi connectivity index (χ2n) is 4.21. The molecule has 0 amide bonds. The number of aromatic nitrogens is 2. The lowest BCUT2D eigenvalue weighted by Gasteiger charge is -2.06. The topological polar surface area (TPSA) is 51.8 Å². The highest BCUT2D eigenvalue weighted by molar-refractivity contribution is 7.99. The molecule has 0 saturated heterocycles. The lowest BCUT2D eigenvalue weighted by Crippen LogP contribution is -1.97. The minimum atomic E-state index is -0.456. The third-order valence-corrected chi connectivity index (χ3v) is 3.48. The number of rotatable bonds is 3. The maximum atomic E-state index is 13.5. The number of anilines is 1. The van der Waals surface area contributed by atoms with Gasteiger partial charge in [-0.1, -0.05) is 37.7 Å². The van der Waals surface area contributed by atoms with E-state index in [9.17, 15) is 4.39 Å². The standard InChI is InChI=1S/C13H14FN3S/c1-8(2)9-3-5-10(6-4-9)18-12-11(14)7-16-13(15)17-12/h3-8H,1-2H3,(H2,15,16,17). The van der Waals surface area contributed by atoms with Gasteiger partial charge >= 0.3 is 0 Å². The summed E-state index contributed by atoms with van der Waals surface area (Å²) in [6.45, 7) is 4.26. The van der Waals surface area contributed by atoms with E-state index in [2.05, 4.69) is 23.8 Å². The molecule has 0 bridgehead atoms. The molecule has 0 saturated carbocycles. The van der Waals surface area contributed by atoms with Gasteiger partial charge in [0.25, 0.3) is 0 Å². The number of hydrogen-bond donors (Lipinski definition) is 1. The molecule has 0 aliphatic heterocycles. The van der Waals surface area contributed by atoms with E-state index in [4.69, 9.17) is 5.73 Å². The first kappa shape index (κ1) is 12.8. The Balaban J connectivity index is 2.21. The summed E-state index contributed by atoms with van der Waals surface area (Å²) in [4.78, 5) is 8.40. The summed E-state index contributed by atoms with van der Waals surface area (Å²) >= 11 is 1.24. The molecule has 18 heavy (non-hydrogen) atoms. The maximum Gasteiger partial charge on any atom is 0.221 e. The molecular weight excluding hydrogens is 249 g/mol. The fraction of sp³-hybridized carbons (Fsp3) is 0.231. The summed E-state index contributed by atoms with van der Waals surface area (Å²) in [7, 11) is 0. The number of halogens is 1. The average Bonchev–Trinajstić information content (AvgIpc) is 2.34. The quantitative estimate of drug-likeness (QED) is 0.861. The van der Waals surface area contributed by atoms with E-state index in [0.717, 1.165) is 11.1 Å². The van der Waals surface area contributed by atoms with Crippen molar-refractivity contribution in [3.05, 3.63) is 41.8 Å². The lowest BCUT2D eigenvalue weighted by atomic mass is 10.0. The van der Waals surface area contributed by atoms with E-state index in [1.165, 1.54) is 17.3 Å². The van der Waals surface area contributed by atoms with E-state index in [-0.39, 0.29) is 11.0 Å². The average molecular weight is 263 g/mol. The highest BCUT2D eigenvalue weighted by Crippen LogP contribution is 2.29. The third-order valence-electron chi connectivity index (χ3n) is 2.49. The zero-order valence-electron chi connectivity index (χ0n) is 10.2. The Labute approximate surface area is 110 Å². The molecule has 1 aromatic heterocycles. The van der Waals surface area contributed by atoms with Crippen LogP contribution in [0.2, 0.25) is 0 Å². The first-order valence-corrected chi connectivity index (χ1v) is 6.43. The summed E-state index contributed by atoms with van der Waals surface area (Å²) in [6.07, 6.45) is 1.09. The van der Waals surface area contributed by atoms with Crippen molar-refractivity contribution in [2.75, 3.05) is 5.73 Å². The predicted molar refractivity (Wildman–Crippen MR) is 71.1 cm³/mol. The molecule has 1 aromatic carbocycles. The van der Waals surface area contributed by atoms with Crippen LogP contribution in [0.5, 0.6) is 0 Å². The monoisotopic (exact) mass is 263 g/mol. The summed E-state index contributed by atoms with van der Waals surface area (Å²) in [5.74, 6) is 0.107. The van der Waals surface area contributed by atoms with Crippen LogP contribution in [-0.4, -0.2) is 9.97 Å². The van der Waals surface area contributed by atoms with Gasteiger partial charge in [-0.25, -0.2) is 14.4 Å². The number of nitrogens with zero attached hydrogens (tertiary/aromatic N) is 2. The molecule has 2 N–H and O–H groups in total. The highest BCUT2D eigenvalue weighted by Gasteiger charge is 2.08. The summed E-state index contributed by atoms with van der Waals surface area (Å²) < 4.78 is 13.5. The Kier molecular flexibility index (Phi) is 3.81. The van der Waals surface area contributed by atoms with Gasteiger partial charge in [0, 0.05) is 4.90 Å². The van der Waals surface area contributed by atoms with Crippen molar-refractivity contribution in [3.63, 3.8) is 0 Å². The number of benzene rings is 1. The summed E-state index contributed by atoms with van der Waals surface area (Å²) in [5, 5.41) is 0.250. The van der Waals surface area contributed by atoms with Gasteiger partial charge in [-0.05, 0) is 23.6 Å². The SMILES string of the molecule is CC(C)c1ccc(Sc2nc(N)ncc2F)cc1. The number of nitrogens with two attached hydrogens (primary N) is 1. The molecule has 0 radical (unpaired) electrons. The molecule has 94 valence electrons. The van der Waals surface area contributed by atoms with Crippen molar-refractivity contribution < 1.29 is 4.39 Å². The van der Waals surface area contributed by atoms with Gasteiger partial charge in [0.2, 0.25) is 5.95 Å². The summed E-state index contributed by atoms with van der Waals surface area (Å²) in [6, 6.07) is 7.99. The Bertz CT molecular complexity index is 540. The van der Waals surface area contributed by atoms with Crippen LogP contribution in [0.3, 0.4) is 0 Å². The zero-order chi connectivity index (χ0) is 13.1. The van der Waals surface area contributed by atoms with Gasteiger partial charge in [0.15, 0.2) is 5.82 Å². The first-order valence-electron chi connectivity index (χ1n) is 5.62. The van der Waals surface area contributed by atoms with Crippen LogP contribution in [0.1, 0.15) is 25.3 Å². The minimum Gasteiger partial charge on any atom is -0.368 e. The Morgan fingerprint density at radius 1 is 1.22 bits per heavy atom. The molecule has 1 heterocycles. The van der Waals surface area contributed by atoms with Crippen LogP contribution in [0.4, 0.5) is 10.3 Å². The van der Waals surface area contributed by atoms with Gasteiger partial charge in [-0.2, -0.15) is 0 Å². The second kappa shape index (κ2) is 5.35. The van der Waals surface area contributed by atoms with Crippen molar-refractivity contribution in [2.45, 2.75) is 29.7 Å². The molecule has 0 fully saturated rings. The molecule has 0 aliphatic carbocycles. The van der Waals surface area contributed by atoms with Crippen LogP contribution < -0.4 is 5.73 Å². The normalized spacial score (nSPS) is 10.9. The fourth-order valence-corrected chi connectivity index (χ4v) is 2.25. The van der Waals surface area contributed by atoms with Crippen LogP contribution in [0.25, 0.3) is 0 Å². The van der Waals surface area contributed by atoms with Gasteiger partial charge < -0.3 is 5.73 Å². The summed E-state index contributed by atoms with van der Waals surface area (Å²) in [5.41, 5.74) is 6.69. The molecule has 2 aromatic rings. The Morgan fingerprint density at radius 2 is 1.89 bits per heavy atom. The van der Waals surface area contributed by atoms with E-state index in [1.807, 2.05) is 24.3 Å². The van der Waals surface area contributed by atoms with Gasteiger partial charge in [0.05, 0.1) is 6.20 Å². The van der Waals surface area contributed by atoms with E-state index < -0.39 is 5.82 Å². The largest absolute Gasteiger partial charge is 0.368 e. The van der Waals surface area contributed by atoms with Gasteiger partial charge in [0.1, 0.15) is 5.03 Å². The molecule has 0 unspecified atom stereocenters. The Morgan fingerprint density at radius 3 is 2.50 bits per heavy atom. The fourth-order valence-electron chi connectivity index (χ4n) is 1.47. The molecule has 0 spiro atoms. The van der Waals surface area contributed by atoms with Crippen LogP contribution >= 0.6 is 11.8 Å². The van der Waals surface area contributed by atoms with Crippen molar-refractivity contribution in [3.8, 4) is 0 Å². The van der Waals surface area contributed by atoms with Gasteiger partial charge in [-0.3, -0.25) is 0 Å². The van der Waals surface area contributed by atoms with Crippen LogP contribution in [0.15, 0.2) is 40.4 Å². The lowest BCUT2D eigenvalue weighted by molar-refractivity contribution is 0.580. The molecule has 3 nitrogen and oxygen atoms in total. The van der Waals surface area contributed by atoms with Gasteiger partial charge in [-0.15, -0.1) is 0 Å². The van der Waals surface area contributed by atoms with Crippen LogP contribution in [0, 0.1) is 5.82 Å². The van der Waals surface area contributed by atoms with Crippen molar-refractivity contribution in [1.29, 1.82) is 0 Å². The first-order chi connectivity index (χ1) is 8.56. The smallest absolute Gasteiger partial charge is 0.221 e. The minimum absolute atomic E-state index is 0.0812. The van der Waals surface area contributed by atoms with E-state index in [1.54, 1.807) is 0 Å². The van der Waals surface area contributed by atoms with Crippen molar-refractivity contribution in [2.24, 2.45) is 0 Å². The number of nitrogen functional groups attached to an aromatic ring is 1. The van der Waals surface area contributed by atoms with Crippen molar-refractivity contribution in [1.82, 2.24) is 9.97 Å². The molecule has 0 aliphatic rings. The molecular formula is C13H14FN3S. The van der Waals surface area contributed by atoms with E-state index in [0.29, 0.717) is 5.92 Å². The Hall–Kier alpha value is -1.62. The number of hydrogen-bond acceptors (Lipinski definition) is 4. The highest BCUT2D eigenvalue weighted by atomic mass is 32.2. The third kappa shape index (κ3) is 2.98. The molecule has 5 heteroatoms. The zero-order valence-corrected chi connectivity index (χ0v) is 11.0. The van der Waals surface area contributed by atoms with E-state index >= 15 is 0 Å². The van der Waals surface area contributed by atoms with Crippen molar-refractivity contribution >= 4 is 17.7 Å².